The summed E-state index contributed by atoms with van der Waals surface area (Å²) in [4.78, 5) is 15.1. The van der Waals surface area contributed by atoms with Crippen LogP contribution in [-0.2, 0) is 22.5 Å². The van der Waals surface area contributed by atoms with Gasteiger partial charge in [-0.1, -0.05) is 74.1 Å². The normalized spacial score (nSPS) is 18.3. The molecule has 2 aromatic carbocycles. The van der Waals surface area contributed by atoms with Gasteiger partial charge in [0.25, 0.3) is 0 Å². The number of rotatable bonds is 3. The van der Waals surface area contributed by atoms with Gasteiger partial charge >= 0.3 is 0 Å². The van der Waals surface area contributed by atoms with Gasteiger partial charge in [-0.05, 0) is 42.0 Å². The van der Waals surface area contributed by atoms with E-state index in [1.807, 2.05) is 4.90 Å². The number of hydrogen-bond donors (Lipinski definition) is 0. The highest BCUT2D eigenvalue weighted by atomic mass is 16.5. The van der Waals surface area contributed by atoms with Crippen molar-refractivity contribution in [2.24, 2.45) is 5.92 Å². The second-order valence-electron chi connectivity index (χ2n) is 9.43. The highest BCUT2D eigenvalue weighted by Crippen LogP contribution is 2.28. The summed E-state index contributed by atoms with van der Waals surface area (Å²) in [5.74, 6) is 1.92. The van der Waals surface area contributed by atoms with Gasteiger partial charge in [0.1, 0.15) is 12.4 Å². The van der Waals surface area contributed by atoms with E-state index in [4.69, 9.17) is 9.47 Å². The van der Waals surface area contributed by atoms with E-state index < -0.39 is 0 Å². The summed E-state index contributed by atoms with van der Waals surface area (Å²) in [6, 6.07) is 15.0. The fraction of sp³-hybridized carbons (Fsp3) is 0.536. The van der Waals surface area contributed by atoms with Gasteiger partial charge in [-0.25, -0.2) is 0 Å². The minimum absolute atomic E-state index is 0.258. The lowest BCUT2D eigenvalue weighted by Gasteiger charge is -2.26. The monoisotopic (exact) mass is 435 g/mol. The van der Waals surface area contributed by atoms with Crippen LogP contribution in [0.2, 0.25) is 0 Å². The zero-order valence-electron chi connectivity index (χ0n) is 19.5. The van der Waals surface area contributed by atoms with Crippen molar-refractivity contribution < 1.29 is 14.3 Å². The van der Waals surface area contributed by atoms with Crippen LogP contribution in [0, 0.1) is 12.8 Å². The quantitative estimate of drug-likeness (QED) is 0.622. The molecule has 2 bridgehead atoms. The van der Waals surface area contributed by atoms with Crippen molar-refractivity contribution in [3.05, 3.63) is 64.7 Å². The Morgan fingerprint density at radius 1 is 1.00 bits per heavy atom. The molecule has 0 aromatic heterocycles. The third-order valence-electron chi connectivity index (χ3n) is 6.81. The molecule has 0 saturated heterocycles. The average molecular weight is 436 g/mol. The number of carbonyl (C=O) groups excluding carboxylic acids is 1. The van der Waals surface area contributed by atoms with E-state index >= 15 is 0 Å². The molecule has 1 aliphatic heterocycles. The Bertz CT molecular complexity index is 888. The summed E-state index contributed by atoms with van der Waals surface area (Å²) in [6.07, 6.45) is 9.10. The highest BCUT2D eigenvalue weighted by Gasteiger charge is 2.19. The van der Waals surface area contributed by atoms with E-state index in [1.54, 1.807) is 0 Å². The van der Waals surface area contributed by atoms with Crippen LogP contribution in [0.3, 0.4) is 0 Å². The van der Waals surface area contributed by atoms with Crippen molar-refractivity contribution >= 4 is 5.91 Å². The first kappa shape index (κ1) is 22.8. The van der Waals surface area contributed by atoms with Crippen molar-refractivity contribution in [2.45, 2.75) is 64.8 Å². The van der Waals surface area contributed by atoms with Gasteiger partial charge in [0, 0.05) is 25.9 Å². The molecule has 0 spiro atoms. The molecule has 2 aromatic rings. The van der Waals surface area contributed by atoms with Crippen molar-refractivity contribution in [3.8, 4) is 5.75 Å². The van der Waals surface area contributed by atoms with Gasteiger partial charge in [-0.3, -0.25) is 4.79 Å². The third-order valence-corrected chi connectivity index (χ3v) is 6.81. The standard InChI is InChI=1S/C28H37NO3/c1-22-10-12-27-26(18-22)20-24-8-5-9-25(19-24)21-29(14-15-31-16-17-32-27)28(30)13-11-23-6-3-2-4-7-23/h5,8-10,12,18-19,23H,2-4,6-7,11,13-17,20-21H2,1H3. The zero-order valence-corrected chi connectivity index (χ0v) is 19.5. The van der Waals surface area contributed by atoms with Gasteiger partial charge in [0.2, 0.25) is 5.91 Å². The minimum Gasteiger partial charge on any atom is -0.491 e. The smallest absolute Gasteiger partial charge is 0.222 e. The van der Waals surface area contributed by atoms with Crippen LogP contribution in [-0.4, -0.2) is 37.2 Å². The Hall–Kier alpha value is -2.33. The maximum absolute atomic E-state index is 13.1. The van der Waals surface area contributed by atoms with E-state index in [2.05, 4.69) is 49.4 Å². The van der Waals surface area contributed by atoms with E-state index in [0.717, 1.165) is 24.5 Å². The van der Waals surface area contributed by atoms with Crippen LogP contribution in [0.4, 0.5) is 0 Å². The molecular weight excluding hydrogens is 398 g/mol. The van der Waals surface area contributed by atoms with Crippen molar-refractivity contribution in [1.82, 2.24) is 4.90 Å². The number of ether oxygens (including phenoxy) is 2. The molecule has 172 valence electrons. The molecule has 0 atom stereocenters. The van der Waals surface area contributed by atoms with Crippen LogP contribution in [0.25, 0.3) is 0 Å². The Balaban J connectivity index is 1.48. The Labute approximate surface area is 192 Å². The second kappa shape index (κ2) is 11.5. The Kier molecular flexibility index (Phi) is 8.22. The number of aryl methyl sites for hydroxylation is 1. The number of nitrogens with zero attached hydrogens (tertiary/aromatic N) is 1. The molecule has 0 unspecified atom stereocenters. The molecule has 0 radical (unpaired) electrons. The molecule has 1 fully saturated rings. The van der Waals surface area contributed by atoms with Gasteiger partial charge in [-0.2, -0.15) is 0 Å². The summed E-state index contributed by atoms with van der Waals surface area (Å²) in [5.41, 5.74) is 4.86. The van der Waals surface area contributed by atoms with Crippen molar-refractivity contribution in [3.63, 3.8) is 0 Å². The fourth-order valence-electron chi connectivity index (χ4n) is 5.01. The Morgan fingerprint density at radius 3 is 2.72 bits per heavy atom. The molecule has 1 aliphatic carbocycles. The van der Waals surface area contributed by atoms with Crippen LogP contribution in [0.1, 0.15) is 67.2 Å². The minimum atomic E-state index is 0.258. The number of hydrogen-bond acceptors (Lipinski definition) is 3. The summed E-state index contributed by atoms with van der Waals surface area (Å²) < 4.78 is 11.9. The first-order valence-electron chi connectivity index (χ1n) is 12.3. The number of fused-ring (bicyclic) bond motifs is 3. The Morgan fingerprint density at radius 2 is 1.84 bits per heavy atom. The maximum atomic E-state index is 13.1. The second-order valence-corrected chi connectivity index (χ2v) is 9.43. The number of amides is 1. The first-order chi connectivity index (χ1) is 15.7. The maximum Gasteiger partial charge on any atom is 0.222 e. The van der Waals surface area contributed by atoms with Gasteiger partial charge in [0.15, 0.2) is 0 Å². The van der Waals surface area contributed by atoms with Crippen molar-refractivity contribution in [1.29, 1.82) is 0 Å². The van der Waals surface area contributed by atoms with E-state index in [0.29, 0.717) is 39.3 Å². The number of benzene rings is 2. The van der Waals surface area contributed by atoms with Gasteiger partial charge in [-0.15, -0.1) is 0 Å². The van der Waals surface area contributed by atoms with E-state index in [-0.39, 0.29) is 5.91 Å². The van der Waals surface area contributed by atoms with Crippen LogP contribution in [0.5, 0.6) is 5.75 Å². The predicted molar refractivity (Wildman–Crippen MR) is 128 cm³/mol. The molecule has 2 aliphatic rings. The average Bonchev–Trinajstić information content (AvgIpc) is 2.80. The van der Waals surface area contributed by atoms with E-state index in [9.17, 15) is 4.79 Å². The summed E-state index contributed by atoms with van der Waals surface area (Å²) in [7, 11) is 0. The lowest BCUT2D eigenvalue weighted by Crippen LogP contribution is -2.34. The largest absolute Gasteiger partial charge is 0.491 e. The number of carbonyl (C=O) groups is 1. The molecule has 4 heteroatoms. The first-order valence-corrected chi connectivity index (χ1v) is 12.3. The van der Waals surface area contributed by atoms with Crippen molar-refractivity contribution in [2.75, 3.05) is 26.4 Å². The predicted octanol–water partition coefficient (Wildman–Crippen LogP) is 5.68. The lowest BCUT2D eigenvalue weighted by atomic mass is 9.86. The molecule has 0 N–H and O–H groups in total. The third kappa shape index (κ3) is 6.59. The lowest BCUT2D eigenvalue weighted by molar-refractivity contribution is -0.133. The van der Waals surface area contributed by atoms with Gasteiger partial charge < -0.3 is 14.4 Å². The highest BCUT2D eigenvalue weighted by molar-refractivity contribution is 5.76. The molecule has 1 amide bonds. The summed E-state index contributed by atoms with van der Waals surface area (Å²) in [6.45, 7) is 4.98. The summed E-state index contributed by atoms with van der Waals surface area (Å²) in [5, 5.41) is 0. The van der Waals surface area contributed by atoms with Gasteiger partial charge in [0.05, 0.1) is 13.2 Å². The van der Waals surface area contributed by atoms with E-state index in [1.165, 1.54) is 54.4 Å². The molecular formula is C28H37NO3. The fourth-order valence-corrected chi connectivity index (χ4v) is 5.01. The summed E-state index contributed by atoms with van der Waals surface area (Å²) >= 11 is 0. The van der Waals surface area contributed by atoms with Crippen LogP contribution in [0.15, 0.2) is 42.5 Å². The molecule has 32 heavy (non-hydrogen) atoms. The molecule has 1 saturated carbocycles. The molecule has 4 nitrogen and oxygen atoms in total. The molecule has 4 rings (SSSR count). The molecule has 1 heterocycles. The topological polar surface area (TPSA) is 38.8 Å². The zero-order chi connectivity index (χ0) is 22.2. The van der Waals surface area contributed by atoms with Crippen LogP contribution >= 0.6 is 0 Å². The SMILES string of the molecule is Cc1ccc2c(c1)Cc1cccc(c1)CN(C(=O)CCC1CCCCC1)CCOCCO2. The van der Waals surface area contributed by atoms with Crippen LogP contribution < -0.4 is 4.74 Å².